The molecule has 3 rings (SSSR count). The van der Waals surface area contributed by atoms with Gasteiger partial charge in [0.25, 0.3) is 5.56 Å². The Morgan fingerprint density at radius 1 is 1.31 bits per heavy atom. The number of rotatable bonds is 5. The predicted octanol–water partition coefficient (Wildman–Crippen LogP) is 2.63. The van der Waals surface area contributed by atoms with E-state index in [1.54, 1.807) is 20.0 Å². The summed E-state index contributed by atoms with van der Waals surface area (Å²) in [7, 11) is 0. The summed E-state index contributed by atoms with van der Waals surface area (Å²) in [5, 5.41) is 9.13. The highest BCUT2D eigenvalue weighted by Gasteiger charge is 2.16. The number of hydrogen-bond acceptors (Lipinski definition) is 7. The smallest absolute Gasteiger partial charge is 0.272 e. The van der Waals surface area contributed by atoms with Crippen molar-refractivity contribution in [2.45, 2.75) is 27.0 Å². The lowest BCUT2D eigenvalue weighted by atomic mass is 10.1. The van der Waals surface area contributed by atoms with E-state index in [2.05, 4.69) is 30.9 Å². The molecule has 0 unspecified atom stereocenters. The van der Waals surface area contributed by atoms with Crippen LogP contribution in [0, 0.1) is 31.0 Å². The fraction of sp³-hybridized carbons (Fsp3) is 0.211. The van der Waals surface area contributed by atoms with Crippen LogP contribution in [-0.4, -0.2) is 19.5 Å². The Morgan fingerprint density at radius 2 is 2.07 bits per heavy atom. The molecular weight excluding hydrogens is 443 g/mol. The van der Waals surface area contributed by atoms with Gasteiger partial charge < -0.3 is 10.5 Å². The van der Waals surface area contributed by atoms with E-state index in [0.29, 0.717) is 28.6 Å². The molecule has 2 aromatic heterocycles. The van der Waals surface area contributed by atoms with Gasteiger partial charge in [-0.3, -0.25) is 9.36 Å². The number of halogens is 2. The Hall–Kier alpha value is -3.32. The number of ether oxygens (including phenoxy) is 1. The largest absolute Gasteiger partial charge is 0.472 e. The number of nitriles is 1. The van der Waals surface area contributed by atoms with Crippen molar-refractivity contribution in [3.05, 3.63) is 73.4 Å². The lowest BCUT2D eigenvalue weighted by Gasteiger charge is -2.14. The van der Waals surface area contributed by atoms with Crippen molar-refractivity contribution >= 4 is 21.7 Å². The first-order chi connectivity index (χ1) is 13.8. The van der Waals surface area contributed by atoms with Crippen molar-refractivity contribution in [1.82, 2.24) is 19.5 Å². The zero-order valence-corrected chi connectivity index (χ0v) is 17.2. The molecule has 0 aliphatic carbocycles. The average Bonchev–Trinajstić information content (AvgIpc) is 2.69. The summed E-state index contributed by atoms with van der Waals surface area (Å²) in [4.78, 5) is 25.3. The molecular formula is C19H16BrFN6O2. The van der Waals surface area contributed by atoms with Crippen molar-refractivity contribution in [3.8, 4) is 11.9 Å². The highest BCUT2D eigenvalue weighted by atomic mass is 79.9. The van der Waals surface area contributed by atoms with Gasteiger partial charge in [-0.25, -0.2) is 14.4 Å². The summed E-state index contributed by atoms with van der Waals surface area (Å²) >= 11 is 3.22. The molecule has 10 heteroatoms. The second kappa shape index (κ2) is 8.36. The Bertz CT molecular complexity index is 1190. The molecule has 0 radical (unpaired) electrons. The van der Waals surface area contributed by atoms with Crippen molar-refractivity contribution in [2.75, 3.05) is 5.73 Å². The SMILES string of the molecule is Cc1ncc(Cn2c(C)nc(OCc3ccc(F)cc3C#N)c(Br)c2=O)c(N)n1. The topological polar surface area (TPSA) is 120 Å². The standard InChI is InChI=1S/C19H16BrFN6O2/c1-10-24-7-14(17(23)25-10)8-27-11(2)26-18(16(20)19(27)28)29-9-12-3-4-15(21)5-13(12)6-22/h3-5,7H,8-9H2,1-2H3,(H2,23,24,25). The molecule has 0 aliphatic heterocycles. The number of nitrogens with zero attached hydrogens (tertiary/aromatic N) is 5. The molecule has 0 atom stereocenters. The van der Waals surface area contributed by atoms with E-state index in [9.17, 15) is 9.18 Å². The van der Waals surface area contributed by atoms with Crippen LogP contribution in [0.15, 0.2) is 33.7 Å². The maximum Gasteiger partial charge on any atom is 0.272 e. The molecule has 2 heterocycles. The van der Waals surface area contributed by atoms with Gasteiger partial charge in [0.15, 0.2) is 0 Å². The third-order valence-corrected chi connectivity index (χ3v) is 4.86. The molecule has 0 amide bonds. The Kier molecular flexibility index (Phi) is 5.89. The van der Waals surface area contributed by atoms with Crippen LogP contribution in [0.1, 0.15) is 28.3 Å². The van der Waals surface area contributed by atoms with Crippen LogP contribution in [0.2, 0.25) is 0 Å². The van der Waals surface area contributed by atoms with Gasteiger partial charge in [0.05, 0.1) is 18.2 Å². The van der Waals surface area contributed by atoms with Crippen LogP contribution in [-0.2, 0) is 13.2 Å². The first kappa shape index (κ1) is 20.4. The highest BCUT2D eigenvalue weighted by molar-refractivity contribution is 9.10. The summed E-state index contributed by atoms with van der Waals surface area (Å²) in [6, 6.07) is 5.73. The number of nitrogens with two attached hydrogens (primary N) is 1. The van der Waals surface area contributed by atoms with Gasteiger partial charge in [-0.15, -0.1) is 0 Å². The molecule has 0 spiro atoms. The normalized spacial score (nSPS) is 10.6. The molecule has 0 fully saturated rings. The van der Waals surface area contributed by atoms with E-state index >= 15 is 0 Å². The average molecular weight is 459 g/mol. The Morgan fingerprint density at radius 3 is 2.76 bits per heavy atom. The molecule has 0 saturated heterocycles. The first-order valence-corrected chi connectivity index (χ1v) is 9.25. The maximum atomic E-state index is 13.3. The van der Waals surface area contributed by atoms with Crippen molar-refractivity contribution in [1.29, 1.82) is 5.26 Å². The first-order valence-electron chi connectivity index (χ1n) is 8.46. The molecule has 29 heavy (non-hydrogen) atoms. The number of anilines is 1. The number of hydrogen-bond donors (Lipinski definition) is 1. The van der Waals surface area contributed by atoms with Gasteiger partial charge in [0, 0.05) is 17.3 Å². The third kappa shape index (κ3) is 4.41. The fourth-order valence-corrected chi connectivity index (χ4v) is 3.04. The van der Waals surface area contributed by atoms with E-state index in [-0.39, 0.29) is 34.6 Å². The lowest BCUT2D eigenvalue weighted by molar-refractivity contribution is 0.288. The molecule has 1 aromatic carbocycles. The minimum Gasteiger partial charge on any atom is -0.472 e. The summed E-state index contributed by atoms with van der Waals surface area (Å²) in [5.41, 5.74) is 6.77. The minimum atomic E-state index is -0.512. The second-order valence-corrected chi connectivity index (χ2v) is 6.99. The van der Waals surface area contributed by atoms with E-state index in [0.717, 1.165) is 6.07 Å². The number of aryl methyl sites for hydroxylation is 2. The van der Waals surface area contributed by atoms with Crippen LogP contribution in [0.4, 0.5) is 10.2 Å². The van der Waals surface area contributed by atoms with E-state index in [1.165, 1.54) is 16.7 Å². The van der Waals surface area contributed by atoms with Crippen LogP contribution in [0.25, 0.3) is 0 Å². The maximum absolute atomic E-state index is 13.3. The summed E-state index contributed by atoms with van der Waals surface area (Å²) in [6.07, 6.45) is 1.57. The van der Waals surface area contributed by atoms with Crippen LogP contribution >= 0.6 is 15.9 Å². The van der Waals surface area contributed by atoms with Gasteiger partial charge in [0.1, 0.15) is 34.4 Å². The van der Waals surface area contributed by atoms with Crippen LogP contribution in [0.3, 0.4) is 0 Å². The van der Waals surface area contributed by atoms with E-state index in [4.69, 9.17) is 15.7 Å². The molecule has 0 saturated carbocycles. The van der Waals surface area contributed by atoms with Crippen molar-refractivity contribution < 1.29 is 9.13 Å². The van der Waals surface area contributed by atoms with Gasteiger partial charge in [-0.1, -0.05) is 6.07 Å². The van der Waals surface area contributed by atoms with E-state index < -0.39 is 5.82 Å². The van der Waals surface area contributed by atoms with E-state index in [1.807, 2.05) is 6.07 Å². The molecule has 3 aromatic rings. The number of benzene rings is 1. The highest BCUT2D eigenvalue weighted by Crippen LogP contribution is 2.22. The monoisotopic (exact) mass is 458 g/mol. The third-order valence-electron chi connectivity index (χ3n) is 4.18. The van der Waals surface area contributed by atoms with Gasteiger partial charge >= 0.3 is 0 Å². The van der Waals surface area contributed by atoms with Gasteiger partial charge in [-0.2, -0.15) is 10.2 Å². The molecule has 8 nitrogen and oxygen atoms in total. The van der Waals surface area contributed by atoms with Crippen molar-refractivity contribution in [3.63, 3.8) is 0 Å². The van der Waals surface area contributed by atoms with Gasteiger partial charge in [0.2, 0.25) is 5.88 Å². The minimum absolute atomic E-state index is 0.0452. The summed E-state index contributed by atoms with van der Waals surface area (Å²) < 4.78 is 20.4. The molecule has 0 aliphatic rings. The quantitative estimate of drug-likeness (QED) is 0.623. The zero-order valence-electron chi connectivity index (χ0n) is 15.6. The fourth-order valence-electron chi connectivity index (χ4n) is 2.62. The molecule has 148 valence electrons. The second-order valence-electron chi connectivity index (χ2n) is 6.20. The number of aromatic nitrogens is 4. The molecule has 0 bridgehead atoms. The van der Waals surface area contributed by atoms with Gasteiger partial charge in [-0.05, 0) is 41.9 Å². The lowest BCUT2D eigenvalue weighted by Crippen LogP contribution is -2.26. The Labute approximate surface area is 173 Å². The zero-order chi connectivity index (χ0) is 21.1. The number of nitrogen functional groups attached to an aromatic ring is 1. The molecule has 2 N–H and O–H groups in total. The summed E-state index contributed by atoms with van der Waals surface area (Å²) in [6.45, 7) is 3.49. The van der Waals surface area contributed by atoms with Crippen molar-refractivity contribution in [2.24, 2.45) is 0 Å². The van der Waals surface area contributed by atoms with Crippen LogP contribution in [0.5, 0.6) is 5.88 Å². The Balaban J connectivity index is 1.88. The predicted molar refractivity (Wildman–Crippen MR) is 107 cm³/mol. The van der Waals surface area contributed by atoms with Crippen LogP contribution < -0.4 is 16.0 Å². The summed E-state index contributed by atoms with van der Waals surface area (Å²) in [5.74, 6) is 0.789.